The molecule has 1 rings (SSSR count). The van der Waals surface area contributed by atoms with Crippen molar-refractivity contribution >= 4 is 15.9 Å². The molecule has 1 heterocycles. The van der Waals surface area contributed by atoms with E-state index in [1.165, 1.54) is 12.1 Å². The molecule has 2 N–H and O–H groups in total. The van der Waals surface area contributed by atoms with Crippen LogP contribution in [-0.4, -0.2) is 31.4 Å². The number of amides is 1. The van der Waals surface area contributed by atoms with E-state index in [2.05, 4.69) is 15.0 Å². The van der Waals surface area contributed by atoms with Crippen molar-refractivity contribution in [2.45, 2.75) is 31.2 Å². The first-order valence-corrected chi connectivity index (χ1v) is 7.29. The second-order valence-electron chi connectivity index (χ2n) is 5.11. The Morgan fingerprint density at radius 1 is 1.40 bits per heavy atom. The van der Waals surface area contributed by atoms with Gasteiger partial charge in [0.25, 0.3) is 0 Å². The highest BCUT2D eigenvalue weighted by atomic mass is 32.2. The third-order valence-corrected chi connectivity index (χ3v) is 3.48. The van der Waals surface area contributed by atoms with Crippen LogP contribution in [0.3, 0.4) is 0 Å². The van der Waals surface area contributed by atoms with Crippen molar-refractivity contribution in [2.24, 2.45) is 0 Å². The van der Waals surface area contributed by atoms with Crippen molar-refractivity contribution in [1.29, 1.82) is 5.26 Å². The molecule has 0 saturated carbocycles. The summed E-state index contributed by atoms with van der Waals surface area (Å²) in [5, 5.41) is 11.2. The molecule has 0 bridgehead atoms. The van der Waals surface area contributed by atoms with Crippen LogP contribution in [0.4, 0.5) is 0 Å². The second kappa shape index (κ2) is 5.98. The topological polar surface area (TPSA) is 112 Å². The monoisotopic (exact) mass is 296 g/mol. The van der Waals surface area contributed by atoms with Gasteiger partial charge in [0.15, 0.2) is 0 Å². The fourth-order valence-electron chi connectivity index (χ4n) is 1.31. The van der Waals surface area contributed by atoms with Crippen molar-refractivity contribution in [3.05, 3.63) is 24.0 Å². The van der Waals surface area contributed by atoms with E-state index in [1.807, 2.05) is 0 Å². The summed E-state index contributed by atoms with van der Waals surface area (Å²) < 4.78 is 25.9. The Hall–Kier alpha value is -1.98. The number of nitrogens with zero attached hydrogens (tertiary/aromatic N) is 2. The van der Waals surface area contributed by atoms with Gasteiger partial charge in [-0.15, -0.1) is 0 Å². The summed E-state index contributed by atoms with van der Waals surface area (Å²) in [5.41, 5.74) is -0.312. The van der Waals surface area contributed by atoms with E-state index >= 15 is 0 Å². The van der Waals surface area contributed by atoms with E-state index in [4.69, 9.17) is 5.26 Å². The molecule has 0 aliphatic carbocycles. The maximum Gasteiger partial charge on any atom is 0.242 e. The Kier molecular flexibility index (Phi) is 4.81. The Labute approximate surface area is 118 Å². The average molecular weight is 296 g/mol. The first-order valence-electron chi connectivity index (χ1n) is 5.81. The van der Waals surface area contributed by atoms with Gasteiger partial charge < -0.3 is 5.32 Å². The standard InChI is InChI=1S/C12H16N4O3S/c1-12(2,3)16-11(17)8-15-20(18,19)10-5-4-9(6-13)14-7-10/h4-5,7,15H,8H2,1-3H3,(H,16,17). The van der Waals surface area contributed by atoms with Gasteiger partial charge in [-0.2, -0.15) is 5.26 Å². The van der Waals surface area contributed by atoms with Gasteiger partial charge in [0.05, 0.1) is 6.54 Å². The number of carbonyl (C=O) groups is 1. The third kappa shape index (κ3) is 4.95. The lowest BCUT2D eigenvalue weighted by atomic mass is 10.1. The fraction of sp³-hybridized carbons (Fsp3) is 0.417. The maximum absolute atomic E-state index is 11.9. The molecule has 0 fully saturated rings. The minimum absolute atomic E-state index is 0.0972. The summed E-state index contributed by atoms with van der Waals surface area (Å²) in [6, 6.07) is 4.35. The molecule has 0 saturated heterocycles. The molecule has 0 spiro atoms. The minimum Gasteiger partial charge on any atom is -0.350 e. The van der Waals surface area contributed by atoms with Crippen LogP contribution >= 0.6 is 0 Å². The summed E-state index contributed by atoms with van der Waals surface area (Å²) in [5.74, 6) is -0.428. The van der Waals surface area contributed by atoms with E-state index in [-0.39, 0.29) is 17.1 Å². The highest BCUT2D eigenvalue weighted by molar-refractivity contribution is 7.89. The molecule has 8 heteroatoms. The van der Waals surface area contributed by atoms with Gasteiger partial charge in [0.1, 0.15) is 16.7 Å². The predicted molar refractivity (Wildman–Crippen MR) is 72.0 cm³/mol. The lowest BCUT2D eigenvalue weighted by Crippen LogP contribution is -2.45. The Morgan fingerprint density at radius 2 is 2.05 bits per heavy atom. The van der Waals surface area contributed by atoms with Gasteiger partial charge in [-0.25, -0.2) is 18.1 Å². The van der Waals surface area contributed by atoms with Crippen molar-refractivity contribution < 1.29 is 13.2 Å². The number of hydrogen-bond acceptors (Lipinski definition) is 5. The molecule has 0 aliphatic heterocycles. The van der Waals surface area contributed by atoms with Crippen molar-refractivity contribution in [2.75, 3.05) is 6.54 Å². The lowest BCUT2D eigenvalue weighted by Gasteiger charge is -2.20. The molecule has 0 aromatic carbocycles. The third-order valence-electron chi connectivity index (χ3n) is 2.10. The smallest absolute Gasteiger partial charge is 0.242 e. The first kappa shape index (κ1) is 16.1. The number of sulfonamides is 1. The Bertz CT molecular complexity index is 624. The second-order valence-corrected chi connectivity index (χ2v) is 6.88. The van der Waals surface area contributed by atoms with E-state index in [0.717, 1.165) is 6.20 Å². The maximum atomic E-state index is 11.9. The highest BCUT2D eigenvalue weighted by Gasteiger charge is 2.18. The Balaban J connectivity index is 2.71. The molecule has 108 valence electrons. The number of aromatic nitrogens is 1. The first-order chi connectivity index (χ1) is 9.14. The molecule has 20 heavy (non-hydrogen) atoms. The summed E-state index contributed by atoms with van der Waals surface area (Å²) >= 11 is 0. The molecule has 7 nitrogen and oxygen atoms in total. The number of nitriles is 1. The van der Waals surface area contributed by atoms with Crippen LogP contribution in [0.2, 0.25) is 0 Å². The number of carbonyl (C=O) groups excluding carboxylic acids is 1. The number of hydrogen-bond donors (Lipinski definition) is 2. The molecule has 0 radical (unpaired) electrons. The van der Waals surface area contributed by atoms with Crippen molar-refractivity contribution in [1.82, 2.24) is 15.0 Å². The molecular weight excluding hydrogens is 280 g/mol. The van der Waals surface area contributed by atoms with Crippen LogP contribution in [0, 0.1) is 11.3 Å². The van der Waals surface area contributed by atoms with Crippen LogP contribution in [0.5, 0.6) is 0 Å². The molecule has 0 aliphatic rings. The summed E-state index contributed by atoms with van der Waals surface area (Å²) in [4.78, 5) is 15.1. The van der Waals surface area contributed by atoms with Crippen molar-refractivity contribution in [3.8, 4) is 6.07 Å². The molecule has 0 atom stereocenters. The summed E-state index contributed by atoms with van der Waals surface area (Å²) in [7, 11) is -3.82. The molecule has 1 amide bonds. The van der Waals surface area contributed by atoms with Gasteiger partial charge >= 0.3 is 0 Å². The van der Waals surface area contributed by atoms with E-state index in [1.54, 1.807) is 26.8 Å². The minimum atomic E-state index is -3.82. The number of nitrogens with one attached hydrogen (secondary N) is 2. The average Bonchev–Trinajstić information content (AvgIpc) is 2.35. The van der Waals surface area contributed by atoms with Crippen LogP contribution in [0.1, 0.15) is 26.5 Å². The van der Waals surface area contributed by atoms with E-state index < -0.39 is 21.5 Å². The summed E-state index contributed by atoms with van der Waals surface area (Å²) in [6.07, 6.45) is 1.07. The van der Waals surface area contributed by atoms with Crippen LogP contribution < -0.4 is 10.0 Å². The van der Waals surface area contributed by atoms with Gasteiger partial charge in [-0.05, 0) is 32.9 Å². The highest BCUT2D eigenvalue weighted by Crippen LogP contribution is 2.07. The lowest BCUT2D eigenvalue weighted by molar-refractivity contribution is -0.121. The van der Waals surface area contributed by atoms with Gasteiger partial charge in [-0.1, -0.05) is 0 Å². The van der Waals surface area contributed by atoms with Gasteiger partial charge in [0.2, 0.25) is 15.9 Å². The predicted octanol–water partition coefficient (Wildman–Crippen LogP) is 0.146. The van der Waals surface area contributed by atoms with Crippen LogP contribution in [-0.2, 0) is 14.8 Å². The van der Waals surface area contributed by atoms with Crippen LogP contribution in [0.15, 0.2) is 23.2 Å². The zero-order valence-corrected chi connectivity index (χ0v) is 12.3. The largest absolute Gasteiger partial charge is 0.350 e. The molecule has 1 aromatic heterocycles. The number of pyridine rings is 1. The fourth-order valence-corrected chi connectivity index (χ4v) is 2.24. The molecule has 0 unspecified atom stereocenters. The van der Waals surface area contributed by atoms with Gasteiger partial charge in [-0.3, -0.25) is 4.79 Å². The summed E-state index contributed by atoms with van der Waals surface area (Å²) in [6.45, 7) is 5.03. The SMILES string of the molecule is CC(C)(C)NC(=O)CNS(=O)(=O)c1ccc(C#N)nc1. The van der Waals surface area contributed by atoms with Crippen LogP contribution in [0.25, 0.3) is 0 Å². The zero-order chi connectivity index (χ0) is 15.4. The van der Waals surface area contributed by atoms with Crippen molar-refractivity contribution in [3.63, 3.8) is 0 Å². The normalized spacial score (nSPS) is 11.7. The van der Waals surface area contributed by atoms with E-state index in [0.29, 0.717) is 0 Å². The zero-order valence-electron chi connectivity index (χ0n) is 11.5. The van der Waals surface area contributed by atoms with E-state index in [9.17, 15) is 13.2 Å². The molecule has 1 aromatic rings. The quantitative estimate of drug-likeness (QED) is 0.821. The molecular formula is C12H16N4O3S. The number of rotatable bonds is 4. The Morgan fingerprint density at radius 3 is 2.50 bits per heavy atom. The van der Waals surface area contributed by atoms with Gasteiger partial charge in [0, 0.05) is 11.7 Å².